The lowest BCUT2D eigenvalue weighted by atomic mass is 9.82. The average Bonchev–Trinajstić information content (AvgIpc) is 2.85. The minimum atomic E-state index is -0.815. The first-order chi connectivity index (χ1) is 16.0. The molecule has 1 aliphatic rings. The molecule has 0 aromatic heterocycles. The third-order valence-electron chi connectivity index (χ3n) is 6.44. The van der Waals surface area contributed by atoms with Crippen LogP contribution in [0.3, 0.4) is 0 Å². The van der Waals surface area contributed by atoms with E-state index in [1.807, 2.05) is 0 Å². The van der Waals surface area contributed by atoms with Crippen molar-refractivity contribution in [2.24, 2.45) is 0 Å². The summed E-state index contributed by atoms with van der Waals surface area (Å²) in [6, 6.07) is 15.1. The summed E-state index contributed by atoms with van der Waals surface area (Å²) in [5.74, 6) is -1.48. The summed E-state index contributed by atoms with van der Waals surface area (Å²) in [4.78, 5) is 0. The summed E-state index contributed by atoms with van der Waals surface area (Å²) in [5.41, 5.74) is 2.53. The van der Waals surface area contributed by atoms with E-state index in [2.05, 4.69) is 0 Å². The lowest BCUT2D eigenvalue weighted by molar-refractivity contribution is 0.0655. The Labute approximate surface area is 192 Å². The topological polar surface area (TPSA) is 18.5 Å². The molecule has 1 saturated carbocycles. The summed E-state index contributed by atoms with van der Waals surface area (Å²) < 4.78 is 54.4. The highest BCUT2D eigenvalue weighted by molar-refractivity contribution is 5.73. The first-order valence-corrected chi connectivity index (χ1v) is 11.1. The van der Waals surface area contributed by atoms with Crippen molar-refractivity contribution in [1.29, 1.82) is 0 Å². The van der Waals surface area contributed by atoms with Gasteiger partial charge in [-0.2, -0.15) is 0 Å². The van der Waals surface area contributed by atoms with Crippen LogP contribution in [0.1, 0.15) is 48.3 Å². The maximum Gasteiger partial charge on any atom is 0.166 e. The quantitative estimate of drug-likeness (QED) is 0.358. The van der Waals surface area contributed by atoms with Crippen LogP contribution in [0, 0.1) is 17.5 Å². The minimum absolute atomic E-state index is 0.0193. The largest absolute Gasteiger partial charge is 0.497 e. The fourth-order valence-electron chi connectivity index (χ4n) is 4.44. The van der Waals surface area contributed by atoms with Crippen LogP contribution >= 0.6 is 0 Å². The fourth-order valence-corrected chi connectivity index (χ4v) is 4.44. The predicted molar refractivity (Wildman–Crippen MR) is 126 cm³/mol. The summed E-state index contributed by atoms with van der Waals surface area (Å²) in [7, 11) is 3.18. The molecule has 0 aliphatic heterocycles. The fraction of sp³-hybridized carbons (Fsp3) is 0.286. The lowest BCUT2D eigenvalue weighted by Gasteiger charge is -2.28. The summed E-state index contributed by atoms with van der Waals surface area (Å²) in [6.07, 6.45) is 6.96. The van der Waals surface area contributed by atoms with Gasteiger partial charge in [0.2, 0.25) is 0 Å². The molecule has 0 bridgehead atoms. The van der Waals surface area contributed by atoms with Gasteiger partial charge in [0.25, 0.3) is 0 Å². The van der Waals surface area contributed by atoms with E-state index in [1.54, 1.807) is 67.8 Å². The van der Waals surface area contributed by atoms with E-state index in [0.717, 1.165) is 31.2 Å². The standard InChI is InChI=1S/C28H27F3O2/c1-32-22-12-9-20(10-13-22)25-16-15-24(27(30)28(25)31)19-6-3-18(4-7-19)5-8-21-11-14-23(33-2)17-26(21)29/h3-8,11,14-17,20,22H,9-10,12-13H2,1-2H3/b8-5+. The molecule has 3 aromatic carbocycles. The van der Waals surface area contributed by atoms with E-state index < -0.39 is 11.6 Å². The molecule has 33 heavy (non-hydrogen) atoms. The van der Waals surface area contributed by atoms with E-state index in [4.69, 9.17) is 9.47 Å². The highest BCUT2D eigenvalue weighted by Gasteiger charge is 2.26. The Morgan fingerprint density at radius 1 is 0.788 bits per heavy atom. The molecule has 0 radical (unpaired) electrons. The minimum Gasteiger partial charge on any atom is -0.497 e. The van der Waals surface area contributed by atoms with Crippen LogP contribution < -0.4 is 4.74 Å². The summed E-state index contributed by atoms with van der Waals surface area (Å²) in [6.45, 7) is 0. The molecule has 1 fully saturated rings. The number of hydrogen-bond donors (Lipinski definition) is 0. The second kappa shape index (κ2) is 10.3. The molecule has 172 valence electrons. The zero-order chi connectivity index (χ0) is 23.4. The third-order valence-corrected chi connectivity index (χ3v) is 6.44. The van der Waals surface area contributed by atoms with Crippen LogP contribution in [0.25, 0.3) is 23.3 Å². The molecule has 1 aliphatic carbocycles. The second-order valence-electron chi connectivity index (χ2n) is 8.38. The van der Waals surface area contributed by atoms with Gasteiger partial charge < -0.3 is 9.47 Å². The second-order valence-corrected chi connectivity index (χ2v) is 8.38. The van der Waals surface area contributed by atoms with Gasteiger partial charge in [0.1, 0.15) is 11.6 Å². The van der Waals surface area contributed by atoms with Crippen molar-refractivity contribution >= 4 is 12.2 Å². The van der Waals surface area contributed by atoms with Crippen molar-refractivity contribution in [2.45, 2.75) is 37.7 Å². The van der Waals surface area contributed by atoms with Gasteiger partial charge >= 0.3 is 0 Å². The van der Waals surface area contributed by atoms with Gasteiger partial charge in [0, 0.05) is 24.3 Å². The van der Waals surface area contributed by atoms with Gasteiger partial charge in [0.05, 0.1) is 13.2 Å². The van der Waals surface area contributed by atoms with E-state index in [9.17, 15) is 13.2 Å². The molecule has 5 heteroatoms. The van der Waals surface area contributed by atoms with Crippen LogP contribution in [-0.2, 0) is 4.74 Å². The Morgan fingerprint density at radius 2 is 1.52 bits per heavy atom. The van der Waals surface area contributed by atoms with E-state index >= 15 is 0 Å². The molecule has 0 N–H and O–H groups in total. The number of ether oxygens (including phenoxy) is 2. The zero-order valence-corrected chi connectivity index (χ0v) is 18.8. The summed E-state index contributed by atoms with van der Waals surface area (Å²) >= 11 is 0. The molecule has 0 amide bonds. The molecule has 0 saturated heterocycles. The van der Waals surface area contributed by atoms with Crippen LogP contribution in [0.4, 0.5) is 13.2 Å². The number of halogens is 3. The monoisotopic (exact) mass is 452 g/mol. The van der Waals surface area contributed by atoms with Gasteiger partial charge in [0.15, 0.2) is 11.6 Å². The Morgan fingerprint density at radius 3 is 2.15 bits per heavy atom. The molecule has 2 nitrogen and oxygen atoms in total. The molecular formula is C28H27F3O2. The Bertz CT molecular complexity index is 1130. The van der Waals surface area contributed by atoms with Crippen LogP contribution in [0.2, 0.25) is 0 Å². The van der Waals surface area contributed by atoms with Gasteiger partial charge in [-0.25, -0.2) is 13.2 Å². The maximum absolute atomic E-state index is 15.0. The van der Waals surface area contributed by atoms with Crippen LogP contribution in [-0.4, -0.2) is 20.3 Å². The van der Waals surface area contributed by atoms with Crippen molar-refractivity contribution in [3.63, 3.8) is 0 Å². The van der Waals surface area contributed by atoms with E-state index in [1.165, 1.54) is 13.2 Å². The van der Waals surface area contributed by atoms with Crippen molar-refractivity contribution in [1.82, 2.24) is 0 Å². The SMILES string of the molecule is COc1ccc(/C=C/c2ccc(-c3ccc(C4CCC(OC)CC4)c(F)c3F)cc2)c(F)c1. The van der Waals surface area contributed by atoms with Crippen molar-refractivity contribution in [3.8, 4) is 16.9 Å². The Hall–Kier alpha value is -3.05. The molecule has 0 spiro atoms. The first-order valence-electron chi connectivity index (χ1n) is 11.1. The Kier molecular flexibility index (Phi) is 7.19. The molecule has 0 atom stereocenters. The molecular weight excluding hydrogens is 425 g/mol. The number of benzene rings is 3. The third kappa shape index (κ3) is 5.14. The van der Waals surface area contributed by atoms with Gasteiger partial charge in [-0.3, -0.25) is 0 Å². The molecule has 0 unspecified atom stereocenters. The summed E-state index contributed by atoms with van der Waals surface area (Å²) in [5, 5.41) is 0. The van der Waals surface area contributed by atoms with Gasteiger partial charge in [-0.15, -0.1) is 0 Å². The molecule has 4 rings (SSSR count). The van der Waals surface area contributed by atoms with Crippen molar-refractivity contribution in [3.05, 3.63) is 88.7 Å². The highest BCUT2D eigenvalue weighted by Crippen LogP contribution is 2.37. The normalized spacial score (nSPS) is 18.6. The van der Waals surface area contributed by atoms with Crippen LogP contribution in [0.5, 0.6) is 5.75 Å². The van der Waals surface area contributed by atoms with Gasteiger partial charge in [-0.1, -0.05) is 48.6 Å². The van der Waals surface area contributed by atoms with Crippen LogP contribution in [0.15, 0.2) is 54.6 Å². The Balaban J connectivity index is 1.50. The lowest BCUT2D eigenvalue weighted by Crippen LogP contribution is -2.20. The van der Waals surface area contributed by atoms with E-state index in [0.29, 0.717) is 22.4 Å². The molecule has 3 aromatic rings. The number of rotatable bonds is 6. The van der Waals surface area contributed by atoms with Gasteiger partial charge in [-0.05, 0) is 60.4 Å². The predicted octanol–water partition coefficient (Wildman–Crippen LogP) is 7.62. The average molecular weight is 453 g/mol. The van der Waals surface area contributed by atoms with Crippen molar-refractivity contribution < 1.29 is 22.6 Å². The first kappa shape index (κ1) is 23.1. The smallest absolute Gasteiger partial charge is 0.166 e. The van der Waals surface area contributed by atoms with E-state index in [-0.39, 0.29) is 23.4 Å². The highest BCUT2D eigenvalue weighted by atomic mass is 19.2. The zero-order valence-electron chi connectivity index (χ0n) is 18.8. The number of methoxy groups -OCH3 is 2. The number of hydrogen-bond acceptors (Lipinski definition) is 2. The molecule has 0 heterocycles. The maximum atomic E-state index is 15.0. The van der Waals surface area contributed by atoms with Crippen molar-refractivity contribution in [2.75, 3.05) is 14.2 Å².